The Balaban J connectivity index is 0.000000171. The van der Waals surface area contributed by atoms with Crippen LogP contribution in [-0.2, 0) is 16.3 Å². The Labute approximate surface area is 368 Å². The molecule has 2 nitrogen and oxygen atoms in total. The number of benzene rings is 4. The van der Waals surface area contributed by atoms with Gasteiger partial charge in [-0.1, -0.05) is 140 Å². The van der Waals surface area contributed by atoms with E-state index in [9.17, 15) is 0 Å². The third kappa shape index (κ3) is 11.5. The smallest absolute Gasteiger partial charge is 0.0708 e. The summed E-state index contributed by atoms with van der Waals surface area (Å²) in [5.41, 5.74) is 10.7. The van der Waals surface area contributed by atoms with Crippen molar-refractivity contribution in [2.75, 3.05) is 0 Å². The molecule has 0 N–H and O–H groups in total. The minimum Gasteiger partial charge on any atom is -0.256 e. The molecule has 0 saturated heterocycles. The van der Waals surface area contributed by atoms with Crippen molar-refractivity contribution in [3.8, 4) is 44.8 Å². The van der Waals surface area contributed by atoms with E-state index in [1.165, 1.54) is 84.4 Å². The summed E-state index contributed by atoms with van der Waals surface area (Å²) in [7, 11) is 0. The zero-order valence-corrected chi connectivity index (χ0v) is 37.8. The first-order chi connectivity index (χ1) is 26.1. The van der Waals surface area contributed by atoms with E-state index >= 15 is 0 Å². The van der Waals surface area contributed by atoms with Crippen LogP contribution in [0.4, 0.5) is 0 Å². The van der Waals surface area contributed by atoms with E-state index in [4.69, 9.17) is 11.6 Å². The summed E-state index contributed by atoms with van der Waals surface area (Å²) >= 11 is 10.2. The molecule has 4 bridgehead atoms. The number of rotatable bonds is 5. The molecule has 0 radical (unpaired) electrons. The van der Waals surface area contributed by atoms with Gasteiger partial charge in [0.1, 0.15) is 0 Å². The van der Waals surface area contributed by atoms with Gasteiger partial charge in [0.2, 0.25) is 0 Å². The maximum absolute atomic E-state index is 5.91. The number of nitrogens with zero attached hydrogens (tertiary/aromatic N) is 2. The van der Waals surface area contributed by atoms with Crippen molar-refractivity contribution < 1.29 is 47.6 Å². The summed E-state index contributed by atoms with van der Waals surface area (Å²) in [6.07, 6.45) is 18.1. The molecule has 4 aliphatic rings. The number of hydrogen-bond acceptors (Lipinski definition) is 2. The summed E-state index contributed by atoms with van der Waals surface area (Å²) in [4.78, 5) is 8.97. The number of hydrogen-bond donors (Lipinski definition) is 0. The third-order valence-electron chi connectivity index (χ3n) is 11.6. The van der Waals surface area contributed by atoms with Crippen LogP contribution in [0.1, 0.15) is 62.8 Å². The molecule has 55 heavy (non-hydrogen) atoms. The summed E-state index contributed by atoms with van der Waals surface area (Å²) in [6.45, 7) is 0. The molecule has 4 saturated carbocycles. The fourth-order valence-corrected chi connectivity index (χ4v) is 9.02. The van der Waals surface area contributed by atoms with Gasteiger partial charge < -0.3 is 18.8 Å². The van der Waals surface area contributed by atoms with Crippen molar-refractivity contribution in [1.82, 2.24) is 9.97 Å². The largest absolute Gasteiger partial charge is 0.256 e. The van der Waals surface area contributed by atoms with Crippen LogP contribution in [0.15, 0.2) is 146 Å². The fourth-order valence-electron chi connectivity index (χ4n) is 8.90. The van der Waals surface area contributed by atoms with Crippen LogP contribution in [0.3, 0.4) is 0 Å². The predicted molar refractivity (Wildman–Crippen MR) is 222 cm³/mol. The quantitative estimate of drug-likeness (QED) is 0.129. The molecule has 5 atom stereocenters. The van der Waals surface area contributed by atoms with Crippen LogP contribution in [-0.4, -0.2) is 9.97 Å². The molecule has 10 rings (SSSR count). The van der Waals surface area contributed by atoms with E-state index in [1.54, 1.807) is 5.56 Å². The first kappa shape index (κ1) is 43.6. The van der Waals surface area contributed by atoms with Crippen LogP contribution in [0.5, 0.6) is 0 Å². The zero-order valence-electron chi connectivity index (χ0n) is 31.7. The van der Waals surface area contributed by atoms with E-state index in [2.05, 4.69) is 109 Å². The standard InChI is InChI=1S/C24H23N.C17H12ClN.C7H11.BrH.ClH.Li.Zn/c1-2-4-20(5-3-1)24-16-21(12-13-25-24)18-8-10-19(11-9-18)23-15-17-6-7-22(23)14-17;18-16-8-6-13(7-9-16)15-10-11-19-17(12-15)14-4-2-1-3-5-14;1-2-7-4-3-6(1)5-7;;;;/h1-5,8-13,16-17,22-23H,6-7,14-15H2;1-12H;1,6-7H,2-5H2;2*1H;;/q;;-1;;;+1;+2/p-2. The topological polar surface area (TPSA) is 25.8 Å². The zero-order chi connectivity index (χ0) is 36.4. The van der Waals surface area contributed by atoms with Gasteiger partial charge in [-0.15, -0.1) is 0 Å². The average Bonchev–Trinajstić information content (AvgIpc) is 4.09. The van der Waals surface area contributed by atoms with Gasteiger partial charge in [0.15, 0.2) is 0 Å². The Bertz CT molecular complexity index is 2010. The molecular weight excluding hydrogens is 828 g/mol. The maximum Gasteiger partial charge on any atom is 0.0708 e. The van der Waals surface area contributed by atoms with E-state index in [0.29, 0.717) is 0 Å². The Morgan fingerprint density at radius 2 is 1.07 bits per heavy atom. The maximum atomic E-state index is 5.91. The van der Waals surface area contributed by atoms with Gasteiger partial charge in [-0.05, 0) is 101 Å². The van der Waals surface area contributed by atoms with E-state index in [-0.39, 0.29) is 31.3 Å². The molecule has 2 heterocycles. The van der Waals surface area contributed by atoms with Gasteiger partial charge in [0.05, 0.1) is 11.4 Å². The molecule has 0 aliphatic heterocycles. The molecule has 4 fully saturated rings. The number of halogens is 3. The van der Waals surface area contributed by atoms with Crippen molar-refractivity contribution in [2.24, 2.45) is 23.7 Å². The molecule has 272 valence electrons. The minimum absolute atomic E-state index is 0. The Hall–Kier alpha value is -2.54. The van der Waals surface area contributed by atoms with Crippen molar-refractivity contribution >= 4 is 25.2 Å². The van der Waals surface area contributed by atoms with Gasteiger partial charge in [-0.3, -0.25) is 9.97 Å². The second kappa shape index (κ2) is 21.8. The van der Waals surface area contributed by atoms with Gasteiger partial charge in [0, 0.05) is 28.5 Å². The molecule has 5 unspecified atom stereocenters. The first-order valence-corrected chi connectivity index (χ1v) is 26.5. The van der Waals surface area contributed by atoms with Gasteiger partial charge >= 0.3 is 48.8 Å². The van der Waals surface area contributed by atoms with Crippen molar-refractivity contribution in [1.29, 1.82) is 0 Å². The first-order valence-electron chi connectivity index (χ1n) is 19.1. The van der Waals surface area contributed by atoms with Gasteiger partial charge in [-0.25, -0.2) is 0 Å². The predicted octanol–water partition coefficient (Wildman–Crippen LogP) is 8.25. The average molecular weight is 874 g/mol. The second-order valence-corrected chi connectivity index (χ2v) is 15.3. The van der Waals surface area contributed by atoms with Crippen LogP contribution < -0.4 is 31.3 Å². The van der Waals surface area contributed by atoms with Crippen LogP contribution in [0, 0.1) is 30.1 Å². The molecule has 7 heteroatoms. The van der Waals surface area contributed by atoms with Crippen LogP contribution >= 0.6 is 25.2 Å². The third-order valence-corrected chi connectivity index (χ3v) is 11.9. The van der Waals surface area contributed by atoms with Crippen LogP contribution in [0.25, 0.3) is 44.8 Å². The second-order valence-electron chi connectivity index (χ2n) is 14.9. The summed E-state index contributed by atoms with van der Waals surface area (Å²) in [5, 5.41) is 0.751. The van der Waals surface area contributed by atoms with E-state index in [0.717, 1.165) is 62.7 Å². The Morgan fingerprint density at radius 1 is 0.545 bits per heavy atom. The monoisotopic (exact) mass is 870 g/mol. The SMILES string of the molecule is Clc1ccc(-c2ccnc(-c3ccccc3)c2)cc1.[CH-]1CC2CCC1C2.[Cl-].[Li+].[Zn+][Br].c1ccc(-c2cc(-c3ccc(C4CC5CCC4C5)cc3)ccn2)cc1. The summed E-state index contributed by atoms with van der Waals surface area (Å²) in [5.74, 6) is 4.92. The summed E-state index contributed by atoms with van der Waals surface area (Å²) < 4.78 is 0. The fraction of sp³-hybridized carbons (Fsp3) is 0.271. The molecule has 6 aromatic rings. The number of fused-ring (bicyclic) bond motifs is 4. The normalized spacial score (nSPS) is 21.0. The molecule has 0 spiro atoms. The Morgan fingerprint density at radius 3 is 1.47 bits per heavy atom. The summed E-state index contributed by atoms with van der Waals surface area (Å²) in [6, 6.07) is 46.2. The van der Waals surface area contributed by atoms with Gasteiger partial charge in [-0.2, -0.15) is 12.3 Å². The molecular formula is C48H46BrCl2LiN2Zn. The van der Waals surface area contributed by atoms with Crippen molar-refractivity contribution in [3.63, 3.8) is 0 Å². The van der Waals surface area contributed by atoms with Crippen molar-refractivity contribution in [2.45, 2.75) is 57.3 Å². The minimum atomic E-state index is 0. The number of aromatic nitrogens is 2. The van der Waals surface area contributed by atoms with Crippen LogP contribution in [0.2, 0.25) is 5.02 Å². The molecule has 0 amide bonds. The van der Waals surface area contributed by atoms with Crippen molar-refractivity contribution in [3.05, 3.63) is 163 Å². The van der Waals surface area contributed by atoms with E-state index in [1.807, 2.05) is 67.0 Å². The molecule has 4 aliphatic carbocycles. The van der Waals surface area contributed by atoms with E-state index < -0.39 is 0 Å². The van der Waals surface area contributed by atoms with Gasteiger partial charge in [0.25, 0.3) is 0 Å². The Kier molecular flexibility index (Phi) is 17.3. The molecule has 4 aromatic carbocycles. The number of pyridine rings is 2. The molecule has 2 aromatic heterocycles.